The molecule has 1 aliphatic rings. The first-order chi connectivity index (χ1) is 8.48. The Hall–Kier alpha value is -0.260. The van der Waals surface area contributed by atoms with E-state index in [0.717, 1.165) is 24.1 Å². The number of aromatic nitrogens is 2. The maximum Gasteiger partial charge on any atom is 0.151 e. The fourth-order valence-corrected chi connectivity index (χ4v) is 3.18. The highest BCUT2D eigenvalue weighted by Crippen LogP contribution is 2.42. The summed E-state index contributed by atoms with van der Waals surface area (Å²) in [4.78, 5) is 0. The van der Waals surface area contributed by atoms with E-state index in [4.69, 9.17) is 23.2 Å². The highest BCUT2D eigenvalue weighted by atomic mass is 35.5. The monoisotopic (exact) mass is 310 g/mol. The Bertz CT molecular complexity index is 535. The number of nitrogens with zero attached hydrogens (tertiary/aromatic N) is 2. The average molecular weight is 311 g/mol. The van der Waals surface area contributed by atoms with Gasteiger partial charge >= 0.3 is 0 Å². The Kier molecular flexibility index (Phi) is 4.24. The van der Waals surface area contributed by atoms with Gasteiger partial charge in [-0.15, -0.1) is 11.6 Å². The first-order valence-electron chi connectivity index (χ1n) is 6.00. The van der Waals surface area contributed by atoms with Crippen LogP contribution in [0.15, 0.2) is 0 Å². The van der Waals surface area contributed by atoms with E-state index in [-0.39, 0.29) is 11.5 Å². The number of rotatable bonds is 6. The van der Waals surface area contributed by atoms with Crippen LogP contribution in [0.25, 0.3) is 0 Å². The van der Waals surface area contributed by atoms with Gasteiger partial charge in [0.05, 0.1) is 23.9 Å². The molecule has 0 N–H and O–H groups in total. The number of hydrogen-bond acceptors (Lipinski definition) is 3. The predicted molar refractivity (Wildman–Crippen MR) is 73.1 cm³/mol. The second-order valence-electron chi connectivity index (χ2n) is 4.52. The fraction of sp³-hybridized carbons (Fsp3) is 0.727. The van der Waals surface area contributed by atoms with Crippen LogP contribution in [0.1, 0.15) is 36.9 Å². The molecule has 1 saturated carbocycles. The highest BCUT2D eigenvalue weighted by Gasteiger charge is 2.31. The molecular formula is C11H16Cl2N2O2S. The maximum absolute atomic E-state index is 11.5. The molecule has 102 valence electrons. The number of aryl methyl sites for hydroxylation is 1. The first-order valence-corrected chi connectivity index (χ1v) is 8.73. The highest BCUT2D eigenvalue weighted by molar-refractivity contribution is 7.91. The summed E-state index contributed by atoms with van der Waals surface area (Å²) in [6.07, 6.45) is 2.23. The summed E-state index contributed by atoms with van der Waals surface area (Å²) in [6, 6.07) is 0. The number of sulfone groups is 1. The summed E-state index contributed by atoms with van der Waals surface area (Å²) >= 11 is 12.1. The molecular weight excluding hydrogens is 295 g/mol. The van der Waals surface area contributed by atoms with E-state index in [1.807, 2.05) is 0 Å². The lowest BCUT2D eigenvalue weighted by Gasteiger charge is -2.03. The molecule has 0 spiro atoms. The van der Waals surface area contributed by atoms with Crippen molar-refractivity contribution in [1.82, 2.24) is 9.78 Å². The summed E-state index contributed by atoms with van der Waals surface area (Å²) < 4.78 is 24.5. The van der Waals surface area contributed by atoms with Crippen LogP contribution in [0, 0.1) is 0 Å². The van der Waals surface area contributed by atoms with Gasteiger partial charge in [0.25, 0.3) is 0 Å². The van der Waals surface area contributed by atoms with Crippen LogP contribution in [-0.4, -0.2) is 29.7 Å². The Balaban J connectivity index is 2.18. The molecule has 0 unspecified atom stereocenters. The third kappa shape index (κ3) is 3.00. The van der Waals surface area contributed by atoms with E-state index in [9.17, 15) is 8.42 Å². The fourth-order valence-electron chi connectivity index (χ4n) is 1.82. The van der Waals surface area contributed by atoms with Gasteiger partial charge in [-0.25, -0.2) is 8.42 Å². The van der Waals surface area contributed by atoms with E-state index in [1.54, 1.807) is 11.6 Å². The van der Waals surface area contributed by atoms with Gasteiger partial charge in [0, 0.05) is 17.2 Å². The molecule has 1 aliphatic carbocycles. The molecule has 0 saturated heterocycles. The van der Waals surface area contributed by atoms with Crippen molar-refractivity contribution in [3.8, 4) is 0 Å². The lowest BCUT2D eigenvalue weighted by Crippen LogP contribution is -2.15. The summed E-state index contributed by atoms with van der Waals surface area (Å²) in [5, 5.41) is 4.90. The van der Waals surface area contributed by atoms with Gasteiger partial charge in [-0.05, 0) is 12.8 Å². The minimum atomic E-state index is -3.00. The zero-order valence-electron chi connectivity index (χ0n) is 10.2. The molecule has 7 heteroatoms. The maximum atomic E-state index is 11.5. The van der Waals surface area contributed by atoms with Crippen molar-refractivity contribution in [1.29, 1.82) is 0 Å². The lowest BCUT2D eigenvalue weighted by molar-refractivity contribution is 0.580. The van der Waals surface area contributed by atoms with Crippen LogP contribution >= 0.6 is 23.2 Å². The van der Waals surface area contributed by atoms with Gasteiger partial charge in [-0.3, -0.25) is 4.68 Å². The van der Waals surface area contributed by atoms with Crippen molar-refractivity contribution in [2.75, 3.05) is 11.5 Å². The number of halogens is 2. The molecule has 0 amide bonds. The predicted octanol–water partition coefficient (Wildman–Crippen LogP) is 2.59. The Morgan fingerprint density at radius 3 is 2.61 bits per heavy atom. The zero-order valence-corrected chi connectivity index (χ0v) is 12.5. The van der Waals surface area contributed by atoms with Gasteiger partial charge in [0.2, 0.25) is 0 Å². The quantitative estimate of drug-likeness (QED) is 0.759. The van der Waals surface area contributed by atoms with Crippen LogP contribution in [0.3, 0.4) is 0 Å². The molecule has 0 aromatic carbocycles. The van der Waals surface area contributed by atoms with Crippen LogP contribution in [-0.2, 0) is 22.3 Å². The summed E-state index contributed by atoms with van der Waals surface area (Å²) in [5.41, 5.74) is 1.80. The van der Waals surface area contributed by atoms with Gasteiger partial charge < -0.3 is 0 Å². The second kappa shape index (κ2) is 5.39. The number of hydrogen-bond donors (Lipinski definition) is 0. The third-order valence-electron chi connectivity index (χ3n) is 3.16. The van der Waals surface area contributed by atoms with Crippen LogP contribution in [0.5, 0.6) is 0 Å². The van der Waals surface area contributed by atoms with E-state index < -0.39 is 9.84 Å². The van der Waals surface area contributed by atoms with Crippen molar-refractivity contribution in [3.05, 3.63) is 16.4 Å². The molecule has 2 rings (SSSR count). The standard InChI is InChI=1S/C11H16Cl2N2O2S/c1-2-18(16,17)6-5-15-11(13)9(7-12)10(14-15)8-3-4-8/h8H,2-7H2,1H3. The molecule has 1 fully saturated rings. The smallest absolute Gasteiger partial charge is 0.151 e. The van der Waals surface area contributed by atoms with E-state index in [2.05, 4.69) is 5.10 Å². The van der Waals surface area contributed by atoms with Gasteiger partial charge in [0.1, 0.15) is 5.15 Å². The Morgan fingerprint density at radius 2 is 2.11 bits per heavy atom. The van der Waals surface area contributed by atoms with Crippen molar-refractivity contribution >= 4 is 33.0 Å². The molecule has 1 heterocycles. The van der Waals surface area contributed by atoms with Gasteiger partial charge in [-0.1, -0.05) is 18.5 Å². The van der Waals surface area contributed by atoms with Crippen molar-refractivity contribution in [3.63, 3.8) is 0 Å². The topological polar surface area (TPSA) is 52.0 Å². The SMILES string of the molecule is CCS(=O)(=O)CCn1nc(C2CC2)c(CCl)c1Cl. The third-order valence-corrected chi connectivity index (χ3v) is 5.54. The Labute approximate surface area is 117 Å². The van der Waals surface area contributed by atoms with Crippen LogP contribution in [0.4, 0.5) is 0 Å². The summed E-state index contributed by atoms with van der Waals surface area (Å²) in [5.74, 6) is 0.992. The zero-order chi connectivity index (χ0) is 13.3. The largest absolute Gasteiger partial charge is 0.252 e. The van der Waals surface area contributed by atoms with Gasteiger partial charge in [-0.2, -0.15) is 5.10 Å². The van der Waals surface area contributed by atoms with Crippen molar-refractivity contribution in [2.24, 2.45) is 0 Å². The van der Waals surface area contributed by atoms with Crippen LogP contribution in [0.2, 0.25) is 5.15 Å². The lowest BCUT2D eigenvalue weighted by atomic mass is 10.2. The van der Waals surface area contributed by atoms with E-state index >= 15 is 0 Å². The normalized spacial score (nSPS) is 16.2. The summed E-state index contributed by atoms with van der Waals surface area (Å²) in [7, 11) is -3.00. The molecule has 4 nitrogen and oxygen atoms in total. The summed E-state index contributed by atoms with van der Waals surface area (Å²) in [6.45, 7) is 1.94. The van der Waals surface area contributed by atoms with Crippen molar-refractivity contribution in [2.45, 2.75) is 38.1 Å². The average Bonchev–Trinajstić information content (AvgIpc) is 3.12. The van der Waals surface area contributed by atoms with E-state index in [1.165, 1.54) is 0 Å². The molecule has 0 bridgehead atoms. The van der Waals surface area contributed by atoms with Gasteiger partial charge in [0.15, 0.2) is 9.84 Å². The van der Waals surface area contributed by atoms with E-state index in [0.29, 0.717) is 23.5 Å². The van der Waals surface area contributed by atoms with Crippen LogP contribution < -0.4 is 0 Å². The minimum absolute atomic E-state index is 0.0662. The molecule has 0 aliphatic heterocycles. The molecule has 0 atom stereocenters. The molecule has 18 heavy (non-hydrogen) atoms. The second-order valence-corrected chi connectivity index (χ2v) is 7.62. The number of alkyl halides is 1. The molecule has 1 aromatic heterocycles. The van der Waals surface area contributed by atoms with Crippen molar-refractivity contribution < 1.29 is 8.42 Å². The first kappa shape index (κ1) is 14.2. The molecule has 1 aromatic rings. The molecule has 0 radical (unpaired) electrons. The minimum Gasteiger partial charge on any atom is -0.252 e. The Morgan fingerprint density at radius 1 is 1.44 bits per heavy atom.